The number of benzene rings is 2. The molecule has 2 aromatic carbocycles. The largest absolute Gasteiger partial charge is 0.508 e. The van der Waals surface area contributed by atoms with Crippen LogP contribution < -0.4 is 0 Å². The zero-order chi connectivity index (χ0) is 18.6. The Bertz CT molecular complexity index is 834. The number of hydrogen-bond acceptors (Lipinski definition) is 6. The number of nitro groups is 1. The fourth-order valence-corrected chi connectivity index (χ4v) is 3.66. The van der Waals surface area contributed by atoms with Crippen molar-refractivity contribution in [2.75, 3.05) is 13.7 Å². The van der Waals surface area contributed by atoms with Crippen LogP contribution in [0.25, 0.3) is 0 Å². The van der Waals surface area contributed by atoms with E-state index >= 15 is 0 Å². The van der Waals surface area contributed by atoms with Gasteiger partial charge in [0.25, 0.3) is 5.69 Å². The molecule has 0 heterocycles. The number of non-ortho nitro benzene ring substituents is 1. The number of nitro benzene ring substituents is 1. The molecule has 134 valence electrons. The van der Waals surface area contributed by atoms with Gasteiger partial charge >= 0.3 is 0 Å². The van der Waals surface area contributed by atoms with E-state index in [1.807, 2.05) is 0 Å². The summed E-state index contributed by atoms with van der Waals surface area (Å²) in [5.74, 6) is 0.0937. The molecule has 0 aliphatic carbocycles. The lowest BCUT2D eigenvalue weighted by Crippen LogP contribution is -2.40. The number of likely N-dealkylation sites (N-methyl/N-ethyl adjacent to an activating group) is 1. The molecule has 0 aliphatic heterocycles. The number of phenols is 1. The molecular weight excluding hydrogens is 348 g/mol. The molecule has 0 spiro atoms. The summed E-state index contributed by atoms with van der Waals surface area (Å²) >= 11 is 0. The maximum Gasteiger partial charge on any atom is 0.269 e. The second-order valence-electron chi connectivity index (χ2n) is 5.48. The van der Waals surface area contributed by atoms with Crippen molar-refractivity contribution in [3.05, 3.63) is 64.2 Å². The predicted molar refractivity (Wildman–Crippen MR) is 90.7 cm³/mol. The van der Waals surface area contributed by atoms with Crippen LogP contribution in [0.5, 0.6) is 5.75 Å². The topological polar surface area (TPSA) is 121 Å². The molecule has 8 nitrogen and oxygen atoms in total. The molecule has 2 rings (SSSR count). The number of sulfonamides is 1. The van der Waals surface area contributed by atoms with Crippen molar-refractivity contribution < 1.29 is 23.6 Å². The van der Waals surface area contributed by atoms with Gasteiger partial charge in [-0.25, -0.2) is 8.42 Å². The van der Waals surface area contributed by atoms with E-state index in [1.54, 1.807) is 12.1 Å². The van der Waals surface area contributed by atoms with Crippen LogP contribution in [-0.2, 0) is 16.4 Å². The molecule has 0 saturated carbocycles. The van der Waals surface area contributed by atoms with Crippen LogP contribution in [0.3, 0.4) is 0 Å². The lowest BCUT2D eigenvalue weighted by atomic mass is 10.1. The Morgan fingerprint density at radius 3 is 2.16 bits per heavy atom. The quantitative estimate of drug-likeness (QED) is 0.566. The van der Waals surface area contributed by atoms with E-state index in [-0.39, 0.29) is 22.8 Å². The number of aromatic hydroxyl groups is 1. The molecule has 0 amide bonds. The molecule has 9 heteroatoms. The van der Waals surface area contributed by atoms with Crippen LogP contribution in [-0.4, -0.2) is 47.6 Å². The average Bonchev–Trinajstić information content (AvgIpc) is 2.60. The van der Waals surface area contributed by atoms with Gasteiger partial charge in [0.2, 0.25) is 10.0 Å². The van der Waals surface area contributed by atoms with Gasteiger partial charge < -0.3 is 10.2 Å². The first kappa shape index (κ1) is 18.8. The van der Waals surface area contributed by atoms with Gasteiger partial charge in [0.1, 0.15) is 5.75 Å². The normalized spacial score (nSPS) is 12.9. The van der Waals surface area contributed by atoms with Crippen molar-refractivity contribution in [3.8, 4) is 5.75 Å². The van der Waals surface area contributed by atoms with Crippen molar-refractivity contribution >= 4 is 15.7 Å². The summed E-state index contributed by atoms with van der Waals surface area (Å²) in [6, 6.07) is 10.1. The Labute approximate surface area is 145 Å². The summed E-state index contributed by atoms with van der Waals surface area (Å²) in [5.41, 5.74) is 0.548. The summed E-state index contributed by atoms with van der Waals surface area (Å²) in [5, 5.41) is 29.6. The van der Waals surface area contributed by atoms with Crippen molar-refractivity contribution in [1.82, 2.24) is 4.31 Å². The van der Waals surface area contributed by atoms with Crippen LogP contribution in [0, 0.1) is 10.1 Å². The van der Waals surface area contributed by atoms with Crippen LogP contribution in [0.4, 0.5) is 5.69 Å². The standard InChI is InChI=1S/C16H18N2O6S/c1-17(14(11-19)10-12-2-6-15(20)7-3-12)25(23,24)16-8-4-13(5-9-16)18(21)22/h2-9,14,19-20H,10-11H2,1H3/t14-/m0/s1. The number of aliphatic hydroxyl groups is 1. The monoisotopic (exact) mass is 366 g/mol. The lowest BCUT2D eigenvalue weighted by Gasteiger charge is -2.26. The van der Waals surface area contributed by atoms with Gasteiger partial charge in [0.15, 0.2) is 0 Å². The predicted octanol–water partition coefficient (Wildman–Crippen LogP) is 1.52. The number of hydrogen-bond donors (Lipinski definition) is 2. The Morgan fingerprint density at radius 2 is 1.68 bits per heavy atom. The molecule has 1 atom stereocenters. The highest BCUT2D eigenvalue weighted by Crippen LogP contribution is 2.22. The zero-order valence-corrected chi connectivity index (χ0v) is 14.3. The zero-order valence-electron chi connectivity index (χ0n) is 13.4. The van der Waals surface area contributed by atoms with E-state index in [1.165, 1.54) is 31.3 Å². The summed E-state index contributed by atoms with van der Waals surface area (Å²) in [7, 11) is -2.57. The number of aliphatic hydroxyl groups excluding tert-OH is 1. The third kappa shape index (κ3) is 4.32. The Morgan fingerprint density at radius 1 is 1.12 bits per heavy atom. The summed E-state index contributed by atoms with van der Waals surface area (Å²) in [6.07, 6.45) is 0.249. The van der Waals surface area contributed by atoms with Crippen LogP contribution in [0.15, 0.2) is 53.4 Å². The third-order valence-corrected chi connectivity index (χ3v) is 5.78. The van der Waals surface area contributed by atoms with E-state index < -0.39 is 27.6 Å². The molecule has 2 N–H and O–H groups in total. The lowest BCUT2D eigenvalue weighted by molar-refractivity contribution is -0.384. The SMILES string of the molecule is CN([C@H](CO)Cc1ccc(O)cc1)S(=O)(=O)c1ccc([N+](=O)[O-])cc1. The fraction of sp³-hybridized carbons (Fsp3) is 0.250. The smallest absolute Gasteiger partial charge is 0.269 e. The summed E-state index contributed by atoms with van der Waals surface area (Å²) in [6.45, 7) is -0.399. The minimum Gasteiger partial charge on any atom is -0.508 e. The Hall–Kier alpha value is -2.49. The summed E-state index contributed by atoms with van der Waals surface area (Å²) in [4.78, 5) is 9.97. The van der Waals surface area contributed by atoms with Gasteiger partial charge in [-0.05, 0) is 36.2 Å². The molecule has 0 fully saturated rings. The van der Waals surface area contributed by atoms with Gasteiger partial charge in [-0.1, -0.05) is 12.1 Å². The van der Waals surface area contributed by atoms with Gasteiger partial charge in [-0.15, -0.1) is 0 Å². The first-order valence-corrected chi connectivity index (χ1v) is 8.81. The molecular formula is C16H18N2O6S. The van der Waals surface area contributed by atoms with Crippen molar-refractivity contribution in [2.45, 2.75) is 17.4 Å². The van der Waals surface area contributed by atoms with Crippen molar-refractivity contribution in [3.63, 3.8) is 0 Å². The number of rotatable bonds is 7. The highest BCUT2D eigenvalue weighted by atomic mass is 32.2. The molecule has 0 unspecified atom stereocenters. The van der Waals surface area contributed by atoms with Gasteiger partial charge in [0, 0.05) is 19.2 Å². The van der Waals surface area contributed by atoms with Crippen LogP contribution >= 0.6 is 0 Å². The van der Waals surface area contributed by atoms with E-state index in [2.05, 4.69) is 0 Å². The second kappa shape index (κ2) is 7.60. The van der Waals surface area contributed by atoms with Crippen LogP contribution in [0.1, 0.15) is 5.56 Å². The molecule has 0 radical (unpaired) electrons. The molecule has 0 aromatic heterocycles. The number of phenolic OH excluding ortho intramolecular Hbond substituents is 1. The third-order valence-electron chi connectivity index (χ3n) is 3.86. The van der Waals surface area contributed by atoms with Gasteiger partial charge in [0.05, 0.1) is 22.5 Å². The molecule has 0 aliphatic rings. The van der Waals surface area contributed by atoms with E-state index in [0.717, 1.165) is 22.0 Å². The Balaban J connectivity index is 2.23. The first-order chi connectivity index (χ1) is 11.8. The van der Waals surface area contributed by atoms with E-state index in [9.17, 15) is 28.7 Å². The molecule has 2 aromatic rings. The average molecular weight is 366 g/mol. The maximum atomic E-state index is 12.7. The van der Waals surface area contributed by atoms with Crippen molar-refractivity contribution in [1.29, 1.82) is 0 Å². The van der Waals surface area contributed by atoms with Crippen LogP contribution in [0.2, 0.25) is 0 Å². The molecule has 25 heavy (non-hydrogen) atoms. The highest BCUT2D eigenvalue weighted by molar-refractivity contribution is 7.89. The fourth-order valence-electron chi connectivity index (χ4n) is 2.31. The van der Waals surface area contributed by atoms with Crippen molar-refractivity contribution in [2.24, 2.45) is 0 Å². The second-order valence-corrected chi connectivity index (χ2v) is 7.48. The first-order valence-electron chi connectivity index (χ1n) is 7.37. The van der Waals surface area contributed by atoms with Gasteiger partial charge in [-0.3, -0.25) is 10.1 Å². The molecule has 0 bridgehead atoms. The summed E-state index contributed by atoms with van der Waals surface area (Å²) < 4.78 is 26.4. The molecule has 0 saturated heterocycles. The van der Waals surface area contributed by atoms with Gasteiger partial charge in [-0.2, -0.15) is 4.31 Å². The minimum absolute atomic E-state index is 0.0928. The Kier molecular flexibility index (Phi) is 5.73. The highest BCUT2D eigenvalue weighted by Gasteiger charge is 2.28. The maximum absolute atomic E-state index is 12.7. The number of nitrogens with zero attached hydrogens (tertiary/aromatic N) is 2. The van der Waals surface area contributed by atoms with E-state index in [4.69, 9.17) is 0 Å². The minimum atomic E-state index is -3.92. The van der Waals surface area contributed by atoms with E-state index in [0.29, 0.717) is 0 Å².